The number of hydrogen-bond acceptors (Lipinski definition) is 2. The van der Waals surface area contributed by atoms with E-state index in [0.29, 0.717) is 17.4 Å². The molecule has 4 aromatic rings. The molecular formula is C26H27ClN4O. The summed E-state index contributed by atoms with van der Waals surface area (Å²) in [6, 6.07) is 18.3. The second kappa shape index (κ2) is 8.47. The minimum atomic E-state index is 0.182. The fraction of sp³-hybridized carbons (Fsp3) is 0.308. The lowest BCUT2D eigenvalue weighted by molar-refractivity contribution is -0.131. The monoisotopic (exact) mass is 446 g/mol. The number of nitrogens with one attached hydrogen (secondary N) is 1. The Kier molecular flexibility index (Phi) is 5.51. The molecule has 164 valence electrons. The molecule has 0 atom stereocenters. The molecule has 2 aromatic heterocycles. The molecular weight excluding hydrogens is 420 g/mol. The summed E-state index contributed by atoms with van der Waals surface area (Å²) in [6.07, 6.45) is 2.36. The zero-order valence-electron chi connectivity index (χ0n) is 18.4. The first-order chi connectivity index (χ1) is 15.5. The van der Waals surface area contributed by atoms with Gasteiger partial charge in [-0.15, -0.1) is 0 Å². The van der Waals surface area contributed by atoms with E-state index in [1.165, 1.54) is 16.6 Å². The number of aromatic amines is 1. The third-order valence-electron chi connectivity index (χ3n) is 6.68. The first kappa shape index (κ1) is 20.8. The Morgan fingerprint density at radius 1 is 1.09 bits per heavy atom. The number of H-pyrrole nitrogens is 1. The number of carbonyl (C=O) groups is 1. The number of benzene rings is 2. The van der Waals surface area contributed by atoms with Gasteiger partial charge in [-0.2, -0.15) is 5.10 Å². The number of piperidine rings is 1. The van der Waals surface area contributed by atoms with Gasteiger partial charge in [-0.25, -0.2) is 4.68 Å². The normalized spacial score (nSPS) is 14.9. The number of rotatable bonds is 4. The molecule has 0 unspecified atom stereocenters. The van der Waals surface area contributed by atoms with E-state index in [-0.39, 0.29) is 5.91 Å². The molecule has 0 spiro atoms. The van der Waals surface area contributed by atoms with Gasteiger partial charge < -0.3 is 9.88 Å². The molecule has 1 saturated heterocycles. The van der Waals surface area contributed by atoms with Crippen molar-refractivity contribution in [1.82, 2.24) is 19.7 Å². The summed E-state index contributed by atoms with van der Waals surface area (Å²) >= 11 is 6.02. The van der Waals surface area contributed by atoms with Gasteiger partial charge >= 0.3 is 0 Å². The van der Waals surface area contributed by atoms with Crippen molar-refractivity contribution in [1.29, 1.82) is 0 Å². The van der Waals surface area contributed by atoms with Gasteiger partial charge in [-0.05, 0) is 68.5 Å². The van der Waals surface area contributed by atoms with Crippen LogP contribution in [0.25, 0.3) is 16.6 Å². The first-order valence-electron chi connectivity index (χ1n) is 11.2. The molecule has 1 aliphatic rings. The van der Waals surface area contributed by atoms with Crippen LogP contribution >= 0.6 is 11.6 Å². The van der Waals surface area contributed by atoms with Gasteiger partial charge in [0.05, 0.1) is 17.8 Å². The minimum absolute atomic E-state index is 0.182. The summed E-state index contributed by atoms with van der Waals surface area (Å²) in [4.78, 5) is 18.7. The average Bonchev–Trinajstić information content (AvgIpc) is 3.36. The molecule has 0 aliphatic carbocycles. The molecule has 1 N–H and O–H groups in total. The number of aryl methyl sites for hydroxylation is 1. The smallest absolute Gasteiger partial charge is 0.227 e. The van der Waals surface area contributed by atoms with Crippen molar-refractivity contribution in [2.24, 2.45) is 0 Å². The van der Waals surface area contributed by atoms with Gasteiger partial charge in [0.2, 0.25) is 5.91 Å². The van der Waals surface area contributed by atoms with Gasteiger partial charge in [0.15, 0.2) is 0 Å². The molecule has 3 heterocycles. The van der Waals surface area contributed by atoms with Crippen LogP contribution in [-0.2, 0) is 11.2 Å². The van der Waals surface area contributed by atoms with Crippen LogP contribution in [0.5, 0.6) is 0 Å². The minimum Gasteiger partial charge on any atom is -0.358 e. The zero-order valence-corrected chi connectivity index (χ0v) is 19.2. The van der Waals surface area contributed by atoms with E-state index in [1.54, 1.807) is 0 Å². The quantitative estimate of drug-likeness (QED) is 0.445. The Balaban J connectivity index is 1.25. The molecule has 5 rings (SSSR count). The Morgan fingerprint density at radius 2 is 1.81 bits per heavy atom. The predicted molar refractivity (Wildman–Crippen MR) is 129 cm³/mol. The van der Waals surface area contributed by atoms with Crippen molar-refractivity contribution in [2.45, 2.75) is 39.0 Å². The number of para-hydroxylation sites is 1. The van der Waals surface area contributed by atoms with Gasteiger partial charge in [-0.1, -0.05) is 29.8 Å². The van der Waals surface area contributed by atoms with Crippen LogP contribution in [0.1, 0.15) is 41.4 Å². The van der Waals surface area contributed by atoms with Crippen molar-refractivity contribution < 1.29 is 4.79 Å². The van der Waals surface area contributed by atoms with Crippen LogP contribution in [0.15, 0.2) is 54.6 Å². The van der Waals surface area contributed by atoms with Gasteiger partial charge in [0.25, 0.3) is 0 Å². The molecule has 6 heteroatoms. The van der Waals surface area contributed by atoms with Gasteiger partial charge in [0, 0.05) is 46.5 Å². The summed E-state index contributed by atoms with van der Waals surface area (Å²) in [7, 11) is 0. The highest BCUT2D eigenvalue weighted by atomic mass is 35.5. The Bertz CT molecular complexity index is 1230. The number of carbonyl (C=O) groups excluding carboxylic acids is 1. The van der Waals surface area contributed by atoms with E-state index in [1.807, 2.05) is 47.7 Å². The molecule has 0 saturated carbocycles. The molecule has 32 heavy (non-hydrogen) atoms. The number of aromatic nitrogens is 3. The number of halogens is 1. The fourth-order valence-corrected chi connectivity index (χ4v) is 4.91. The second-order valence-electron chi connectivity index (χ2n) is 8.68. The van der Waals surface area contributed by atoms with Crippen LogP contribution in [0, 0.1) is 13.8 Å². The lowest BCUT2D eigenvalue weighted by atomic mass is 9.93. The summed E-state index contributed by atoms with van der Waals surface area (Å²) < 4.78 is 1.90. The van der Waals surface area contributed by atoms with Crippen LogP contribution in [0.4, 0.5) is 0 Å². The van der Waals surface area contributed by atoms with Crippen LogP contribution in [0.3, 0.4) is 0 Å². The standard InChI is InChI=1S/C26H27ClN4O/c1-17-23(18(2)31(29-17)22-9-7-21(27)8-10-22)16-26(32)30-13-11-19(12-14-30)25-15-20-5-3-4-6-24(20)28-25/h3-10,15,19,28H,11-14,16H2,1-2H3. The lowest BCUT2D eigenvalue weighted by Crippen LogP contribution is -2.39. The van der Waals surface area contributed by atoms with Crippen molar-refractivity contribution in [2.75, 3.05) is 13.1 Å². The third kappa shape index (κ3) is 3.93. The summed E-state index contributed by atoms with van der Waals surface area (Å²) in [5, 5.41) is 6.63. The lowest BCUT2D eigenvalue weighted by Gasteiger charge is -2.31. The van der Waals surface area contributed by atoms with Gasteiger partial charge in [0.1, 0.15) is 0 Å². The van der Waals surface area contributed by atoms with E-state index in [2.05, 4.69) is 40.4 Å². The highest BCUT2D eigenvalue weighted by Crippen LogP contribution is 2.30. The van der Waals surface area contributed by atoms with Crippen molar-refractivity contribution >= 4 is 28.4 Å². The third-order valence-corrected chi connectivity index (χ3v) is 6.93. The highest BCUT2D eigenvalue weighted by molar-refractivity contribution is 6.30. The molecule has 5 nitrogen and oxygen atoms in total. The summed E-state index contributed by atoms with van der Waals surface area (Å²) in [5.74, 6) is 0.657. The molecule has 1 fully saturated rings. The highest BCUT2D eigenvalue weighted by Gasteiger charge is 2.26. The number of likely N-dealkylation sites (tertiary alicyclic amines) is 1. The molecule has 1 aliphatic heterocycles. The number of fused-ring (bicyclic) bond motifs is 1. The maximum atomic E-state index is 13.1. The molecule has 0 bridgehead atoms. The largest absolute Gasteiger partial charge is 0.358 e. The SMILES string of the molecule is Cc1nn(-c2ccc(Cl)cc2)c(C)c1CC(=O)N1CCC(c2cc3ccccc3[nH]2)CC1. The average molecular weight is 447 g/mol. The van der Waals surface area contributed by atoms with Crippen LogP contribution in [0.2, 0.25) is 5.02 Å². The van der Waals surface area contributed by atoms with Crippen LogP contribution in [-0.4, -0.2) is 38.7 Å². The van der Waals surface area contributed by atoms with E-state index < -0.39 is 0 Å². The zero-order chi connectivity index (χ0) is 22.2. The van der Waals surface area contributed by atoms with E-state index in [0.717, 1.165) is 48.6 Å². The molecule has 1 amide bonds. The summed E-state index contributed by atoms with van der Waals surface area (Å²) in [6.45, 7) is 5.59. The van der Waals surface area contributed by atoms with Gasteiger partial charge in [-0.3, -0.25) is 4.79 Å². The maximum Gasteiger partial charge on any atom is 0.227 e. The van der Waals surface area contributed by atoms with Crippen molar-refractivity contribution in [3.05, 3.63) is 82.3 Å². The number of hydrogen-bond donors (Lipinski definition) is 1. The maximum absolute atomic E-state index is 13.1. The number of nitrogens with zero attached hydrogens (tertiary/aromatic N) is 3. The summed E-state index contributed by atoms with van der Waals surface area (Å²) in [5.41, 5.74) is 6.35. The topological polar surface area (TPSA) is 53.9 Å². The Hall–Kier alpha value is -3.05. The van der Waals surface area contributed by atoms with E-state index in [4.69, 9.17) is 11.6 Å². The van der Waals surface area contributed by atoms with Crippen molar-refractivity contribution in [3.8, 4) is 5.69 Å². The second-order valence-corrected chi connectivity index (χ2v) is 9.12. The Morgan fingerprint density at radius 3 is 2.53 bits per heavy atom. The number of amides is 1. The molecule has 0 radical (unpaired) electrons. The predicted octanol–water partition coefficient (Wildman–Crippen LogP) is 5.57. The van der Waals surface area contributed by atoms with Crippen LogP contribution < -0.4 is 0 Å². The van der Waals surface area contributed by atoms with Crippen molar-refractivity contribution in [3.63, 3.8) is 0 Å². The first-order valence-corrected chi connectivity index (χ1v) is 11.5. The van der Waals surface area contributed by atoms with E-state index in [9.17, 15) is 4.79 Å². The fourth-order valence-electron chi connectivity index (χ4n) is 4.78. The Labute approximate surface area is 193 Å². The van der Waals surface area contributed by atoms with E-state index >= 15 is 0 Å². The molecule has 2 aromatic carbocycles.